The minimum absolute atomic E-state index is 0. The number of H-pyrrole nitrogens is 1. The van der Waals surface area contributed by atoms with Gasteiger partial charge >= 0.3 is 0 Å². The summed E-state index contributed by atoms with van der Waals surface area (Å²) in [6.45, 7) is 9.09. The fraction of sp³-hybridized carbons (Fsp3) is 0.607. The Bertz CT molecular complexity index is 1340. The monoisotopic (exact) mass is 662 g/mol. The molecule has 1 spiro atoms. The molecule has 2 saturated heterocycles. The highest BCUT2D eigenvalue weighted by Gasteiger charge is 2.55. The maximum atomic E-state index is 13.7. The number of aliphatic hydroxyl groups is 1. The quantitative estimate of drug-likeness (QED) is 0.301. The Morgan fingerprint density at radius 1 is 1.14 bits per heavy atom. The molecule has 4 N–H and O–H groups in total. The third kappa shape index (κ3) is 7.63. The van der Waals surface area contributed by atoms with Crippen LogP contribution in [0.25, 0.3) is 0 Å². The first-order valence-electron chi connectivity index (χ1n) is 13.9. The molecule has 0 aliphatic carbocycles. The van der Waals surface area contributed by atoms with E-state index in [0.717, 1.165) is 28.8 Å². The molecule has 15 heteroatoms. The smallest absolute Gasteiger partial charge is 0.248 e. The molecule has 242 valence electrons. The number of hydrogen-bond donors (Lipinski definition) is 4. The van der Waals surface area contributed by atoms with Gasteiger partial charge in [0, 0.05) is 43.7 Å². The largest absolute Gasteiger partial charge is 0.390 e. The fourth-order valence-corrected chi connectivity index (χ4v) is 6.65. The van der Waals surface area contributed by atoms with Gasteiger partial charge in [-0.3, -0.25) is 24.3 Å². The van der Waals surface area contributed by atoms with Gasteiger partial charge in [-0.15, -0.1) is 24.8 Å². The van der Waals surface area contributed by atoms with Gasteiger partial charge in [-0.05, 0) is 50.3 Å². The first-order valence-corrected chi connectivity index (χ1v) is 15.8. The topological polar surface area (TPSA) is 157 Å². The maximum Gasteiger partial charge on any atom is 0.248 e. The number of amides is 2. The van der Waals surface area contributed by atoms with E-state index in [9.17, 15) is 23.1 Å². The molecule has 1 aromatic carbocycles. The summed E-state index contributed by atoms with van der Waals surface area (Å²) in [5.74, 6) is -0.741. The Morgan fingerprint density at radius 2 is 1.74 bits per heavy atom. The molecule has 2 aromatic rings. The number of aryl methyl sites for hydroxylation is 2. The van der Waals surface area contributed by atoms with Crippen molar-refractivity contribution in [3.8, 4) is 0 Å². The first kappa shape index (κ1) is 36.8. The number of aliphatic hydroxyl groups excluding tert-OH is 1. The minimum atomic E-state index is -3.41. The van der Waals surface area contributed by atoms with E-state index >= 15 is 0 Å². The van der Waals surface area contributed by atoms with Crippen LogP contribution in [0.15, 0.2) is 24.3 Å². The summed E-state index contributed by atoms with van der Waals surface area (Å²) in [5, 5.41) is 21.0. The van der Waals surface area contributed by atoms with E-state index in [4.69, 9.17) is 4.74 Å². The van der Waals surface area contributed by atoms with Crippen LogP contribution in [0.3, 0.4) is 0 Å². The summed E-state index contributed by atoms with van der Waals surface area (Å²) >= 11 is 0. The molecule has 2 fully saturated rings. The third-order valence-corrected chi connectivity index (χ3v) is 8.89. The summed E-state index contributed by atoms with van der Waals surface area (Å²) in [6.07, 6.45) is 0.919. The Hall–Kier alpha value is -2.42. The Balaban J connectivity index is 0.00000323. The summed E-state index contributed by atoms with van der Waals surface area (Å²) in [7, 11) is -1.85. The van der Waals surface area contributed by atoms with Crippen LogP contribution in [0.2, 0.25) is 0 Å². The number of piperazine rings is 1. The lowest BCUT2D eigenvalue weighted by Crippen LogP contribution is -2.75. The summed E-state index contributed by atoms with van der Waals surface area (Å²) in [4.78, 5) is 31.3. The predicted octanol–water partition coefficient (Wildman–Crippen LogP) is 2.16. The van der Waals surface area contributed by atoms with Crippen molar-refractivity contribution in [3.63, 3.8) is 0 Å². The molecule has 2 aliphatic heterocycles. The molecule has 43 heavy (non-hydrogen) atoms. The van der Waals surface area contributed by atoms with Crippen molar-refractivity contribution in [3.05, 3.63) is 46.8 Å². The molecule has 12 nitrogen and oxygen atoms in total. The summed E-state index contributed by atoms with van der Waals surface area (Å²) < 4.78 is 31.2. The molecule has 3 atom stereocenters. The van der Waals surface area contributed by atoms with Gasteiger partial charge in [-0.25, -0.2) is 8.42 Å². The zero-order valence-electron chi connectivity index (χ0n) is 25.4. The van der Waals surface area contributed by atoms with Crippen molar-refractivity contribution in [1.82, 2.24) is 25.3 Å². The van der Waals surface area contributed by atoms with E-state index in [1.54, 1.807) is 24.1 Å². The summed E-state index contributed by atoms with van der Waals surface area (Å²) in [5.41, 5.74) is 3.16. The molecule has 1 unspecified atom stereocenters. The van der Waals surface area contributed by atoms with Crippen LogP contribution in [0.5, 0.6) is 0 Å². The van der Waals surface area contributed by atoms with Gasteiger partial charge in [-0.2, -0.15) is 5.10 Å². The highest BCUT2D eigenvalue weighted by atomic mass is 35.5. The van der Waals surface area contributed by atoms with Gasteiger partial charge in [0.15, 0.2) is 0 Å². The number of ether oxygens (including phenoxy) is 1. The van der Waals surface area contributed by atoms with Crippen LogP contribution in [0.4, 0.5) is 5.69 Å². The second-order valence-electron chi connectivity index (χ2n) is 11.5. The minimum Gasteiger partial charge on any atom is -0.390 e. The zero-order valence-corrected chi connectivity index (χ0v) is 27.9. The number of carbonyl (C=O) groups excluding carboxylic acids is 2. The molecular formula is C28H44Cl2N6O6S. The summed E-state index contributed by atoms with van der Waals surface area (Å²) in [6, 6.07) is 6.07. The van der Waals surface area contributed by atoms with Crippen LogP contribution in [0.1, 0.15) is 55.2 Å². The van der Waals surface area contributed by atoms with Crippen molar-refractivity contribution in [1.29, 1.82) is 0 Å². The van der Waals surface area contributed by atoms with Crippen molar-refractivity contribution in [2.75, 3.05) is 44.3 Å². The number of hydrogen-bond acceptors (Lipinski definition) is 8. The molecule has 0 bridgehead atoms. The number of carbonyl (C=O) groups is 2. The number of rotatable bonds is 10. The second kappa shape index (κ2) is 14.6. The Kier molecular flexibility index (Phi) is 12.5. The number of aromatic amines is 1. The molecular weight excluding hydrogens is 619 g/mol. The molecule has 0 saturated carbocycles. The van der Waals surface area contributed by atoms with Crippen LogP contribution < -0.4 is 10.0 Å². The predicted molar refractivity (Wildman–Crippen MR) is 169 cm³/mol. The van der Waals surface area contributed by atoms with E-state index < -0.39 is 27.7 Å². The van der Waals surface area contributed by atoms with E-state index in [0.29, 0.717) is 31.6 Å². The van der Waals surface area contributed by atoms with Crippen molar-refractivity contribution >= 4 is 52.3 Å². The number of sulfonamides is 1. The number of nitrogens with one attached hydrogen (secondary N) is 3. The van der Waals surface area contributed by atoms with Gasteiger partial charge in [0.2, 0.25) is 21.8 Å². The SMILES string of the molecule is COCCN1C(=O)[C@@H]([C@H](O)C(C)C)NC(=O)C12CCN(C(c1ccc(NS(C)(=O)=O)cc1)c1c(C)n[nH]c1C)CC2.Cl.Cl. The number of anilines is 1. The molecule has 4 rings (SSSR count). The lowest BCUT2D eigenvalue weighted by molar-refractivity contribution is -0.166. The number of benzene rings is 1. The van der Waals surface area contributed by atoms with E-state index in [-0.39, 0.29) is 61.7 Å². The molecule has 2 amide bonds. The average molecular weight is 664 g/mol. The van der Waals surface area contributed by atoms with Crippen LogP contribution in [-0.4, -0.2) is 103 Å². The number of nitrogens with zero attached hydrogens (tertiary/aromatic N) is 3. The molecule has 3 heterocycles. The zero-order chi connectivity index (χ0) is 30.1. The lowest BCUT2D eigenvalue weighted by Gasteiger charge is -2.53. The lowest BCUT2D eigenvalue weighted by atomic mass is 9.79. The van der Waals surface area contributed by atoms with Crippen molar-refractivity contribution in [2.24, 2.45) is 5.92 Å². The number of aromatic nitrogens is 2. The average Bonchev–Trinajstić information content (AvgIpc) is 3.24. The van der Waals surface area contributed by atoms with Gasteiger partial charge in [-0.1, -0.05) is 26.0 Å². The second-order valence-corrected chi connectivity index (χ2v) is 13.2. The van der Waals surface area contributed by atoms with Crippen molar-refractivity contribution in [2.45, 2.75) is 64.3 Å². The van der Waals surface area contributed by atoms with Gasteiger partial charge in [0.1, 0.15) is 11.6 Å². The normalized spacial score (nSPS) is 20.3. The van der Waals surface area contributed by atoms with Gasteiger partial charge in [0.25, 0.3) is 0 Å². The van der Waals surface area contributed by atoms with Crippen LogP contribution in [0, 0.1) is 19.8 Å². The van der Waals surface area contributed by atoms with Crippen LogP contribution >= 0.6 is 24.8 Å². The van der Waals surface area contributed by atoms with E-state index in [2.05, 4.69) is 25.1 Å². The highest BCUT2D eigenvalue weighted by Crippen LogP contribution is 2.40. The van der Waals surface area contributed by atoms with Gasteiger partial charge in [0.05, 0.1) is 30.7 Å². The molecule has 2 aliphatic rings. The van der Waals surface area contributed by atoms with E-state index in [1.165, 1.54) is 0 Å². The maximum absolute atomic E-state index is 13.7. The Labute approximate surface area is 266 Å². The van der Waals surface area contributed by atoms with Gasteiger partial charge < -0.3 is 20.1 Å². The molecule has 1 aromatic heterocycles. The third-order valence-electron chi connectivity index (χ3n) is 8.28. The highest BCUT2D eigenvalue weighted by molar-refractivity contribution is 7.92. The van der Waals surface area contributed by atoms with Crippen molar-refractivity contribution < 1.29 is 27.9 Å². The number of likely N-dealkylation sites (tertiary alicyclic amines) is 1. The standard InChI is InChI=1S/C28H42N6O6S.2ClH/c1-17(2)25(35)23-26(36)34(15-16-40-5)28(27(37)29-23)11-13-33(14-12-28)24(22-18(3)30-31-19(22)4)20-7-9-21(10-8-20)32-41(6,38)39;;/h7-10,17,23-25,32,35H,11-16H2,1-6H3,(H,29,37)(H,30,31);2*1H/t23-,24?,25-;;/m1../s1. The Morgan fingerprint density at radius 3 is 2.23 bits per heavy atom. The fourth-order valence-electron chi connectivity index (χ4n) is 6.08. The number of halogens is 2. The van der Waals surface area contributed by atoms with Crippen LogP contribution in [-0.2, 0) is 24.3 Å². The number of piperidine rings is 1. The number of methoxy groups -OCH3 is 1. The molecule has 0 radical (unpaired) electrons. The first-order chi connectivity index (χ1) is 19.3. The van der Waals surface area contributed by atoms with E-state index in [1.807, 2.05) is 39.8 Å².